The highest BCUT2D eigenvalue weighted by atomic mass is 79.9. The highest BCUT2D eigenvalue weighted by Crippen LogP contribution is 2.42. The largest absolute Gasteiger partial charge is 0.263 e. The molecule has 1 heterocycles. The van der Waals surface area contributed by atoms with E-state index in [9.17, 15) is 0 Å². The van der Waals surface area contributed by atoms with Crippen LogP contribution in [0.5, 0.6) is 0 Å². The molecule has 1 aliphatic carbocycles. The fraction of sp³-hybridized carbons (Fsp3) is 0.700. The third-order valence-electron chi connectivity index (χ3n) is 2.34. The van der Waals surface area contributed by atoms with Gasteiger partial charge in [-0.15, -0.1) is 0 Å². The van der Waals surface area contributed by atoms with Crippen LogP contribution in [0.1, 0.15) is 45.2 Å². The van der Waals surface area contributed by atoms with E-state index in [1.54, 1.807) is 0 Å². The van der Waals surface area contributed by atoms with E-state index in [1.165, 1.54) is 18.5 Å². The summed E-state index contributed by atoms with van der Waals surface area (Å²) in [5, 5.41) is 4.48. The highest BCUT2D eigenvalue weighted by Gasteiger charge is 2.31. The Morgan fingerprint density at radius 1 is 1.46 bits per heavy atom. The summed E-state index contributed by atoms with van der Waals surface area (Å²) in [6.45, 7) is 6.58. The van der Waals surface area contributed by atoms with Gasteiger partial charge in [0.2, 0.25) is 0 Å². The minimum absolute atomic E-state index is 0.101. The molecule has 1 aromatic rings. The summed E-state index contributed by atoms with van der Waals surface area (Å²) in [4.78, 5) is 0. The van der Waals surface area contributed by atoms with Crippen molar-refractivity contribution in [3.8, 4) is 0 Å². The van der Waals surface area contributed by atoms with E-state index in [2.05, 4.69) is 52.5 Å². The zero-order valence-corrected chi connectivity index (χ0v) is 9.93. The minimum atomic E-state index is 0.101. The van der Waals surface area contributed by atoms with Gasteiger partial charge in [0.15, 0.2) is 0 Å². The van der Waals surface area contributed by atoms with Crippen LogP contribution in [0, 0.1) is 0 Å². The number of halogens is 1. The maximum atomic E-state index is 4.48. The average molecular weight is 243 g/mol. The zero-order chi connectivity index (χ0) is 9.64. The van der Waals surface area contributed by atoms with Gasteiger partial charge in [0.05, 0.1) is 5.54 Å². The van der Waals surface area contributed by atoms with Crippen molar-refractivity contribution in [1.82, 2.24) is 9.78 Å². The van der Waals surface area contributed by atoms with Crippen LogP contribution < -0.4 is 0 Å². The molecule has 0 aliphatic heterocycles. The van der Waals surface area contributed by atoms with E-state index in [1.807, 2.05) is 0 Å². The van der Waals surface area contributed by atoms with Gasteiger partial charge in [-0.05, 0) is 55.6 Å². The Balaban J connectivity index is 2.42. The van der Waals surface area contributed by atoms with Crippen molar-refractivity contribution < 1.29 is 0 Å². The summed E-state index contributed by atoms with van der Waals surface area (Å²) in [6.07, 6.45) is 2.66. The van der Waals surface area contributed by atoms with Gasteiger partial charge in [-0.1, -0.05) is 0 Å². The third kappa shape index (κ3) is 1.80. The van der Waals surface area contributed by atoms with Crippen LogP contribution >= 0.6 is 15.9 Å². The normalized spacial score (nSPS) is 17.8. The van der Waals surface area contributed by atoms with Gasteiger partial charge < -0.3 is 0 Å². The maximum Gasteiger partial charge on any atom is 0.128 e. The van der Waals surface area contributed by atoms with Gasteiger partial charge >= 0.3 is 0 Å². The second kappa shape index (κ2) is 2.84. The predicted molar refractivity (Wildman–Crippen MR) is 56.9 cm³/mol. The minimum Gasteiger partial charge on any atom is -0.263 e. The van der Waals surface area contributed by atoms with Gasteiger partial charge in [-0.2, -0.15) is 5.10 Å². The van der Waals surface area contributed by atoms with Crippen molar-refractivity contribution in [1.29, 1.82) is 0 Å². The fourth-order valence-corrected chi connectivity index (χ4v) is 1.97. The summed E-state index contributed by atoms with van der Waals surface area (Å²) in [5.41, 5.74) is 1.49. The molecule has 13 heavy (non-hydrogen) atoms. The van der Waals surface area contributed by atoms with Crippen LogP contribution in [0.15, 0.2) is 10.7 Å². The van der Waals surface area contributed by atoms with Crippen LogP contribution in [-0.4, -0.2) is 9.78 Å². The number of rotatable bonds is 1. The molecular formula is C10H15BrN2. The Bertz CT molecular complexity index is 318. The first kappa shape index (κ1) is 9.25. The van der Waals surface area contributed by atoms with Gasteiger partial charge in [-0.3, -0.25) is 4.68 Å². The molecule has 0 atom stereocenters. The lowest BCUT2D eigenvalue weighted by Crippen LogP contribution is -2.25. The molecule has 72 valence electrons. The van der Waals surface area contributed by atoms with E-state index in [0.717, 1.165) is 10.5 Å². The highest BCUT2D eigenvalue weighted by molar-refractivity contribution is 9.10. The lowest BCUT2D eigenvalue weighted by atomic mass is 10.1. The fourth-order valence-electron chi connectivity index (χ4n) is 1.57. The van der Waals surface area contributed by atoms with E-state index in [-0.39, 0.29) is 5.54 Å². The molecule has 2 rings (SSSR count). The first-order valence-corrected chi connectivity index (χ1v) is 5.54. The monoisotopic (exact) mass is 242 g/mol. The Morgan fingerprint density at radius 3 is 2.54 bits per heavy atom. The van der Waals surface area contributed by atoms with Crippen molar-refractivity contribution in [2.45, 2.75) is 45.1 Å². The maximum absolute atomic E-state index is 4.48. The van der Waals surface area contributed by atoms with E-state index >= 15 is 0 Å². The summed E-state index contributed by atoms with van der Waals surface area (Å²) in [5.74, 6) is 0.762. The summed E-state index contributed by atoms with van der Waals surface area (Å²) < 4.78 is 3.11. The number of nitrogens with zero attached hydrogens (tertiary/aromatic N) is 2. The van der Waals surface area contributed by atoms with Crippen molar-refractivity contribution in [3.63, 3.8) is 0 Å². The first-order chi connectivity index (χ1) is 5.98. The summed E-state index contributed by atoms with van der Waals surface area (Å²) >= 11 is 3.44. The average Bonchev–Trinajstić information content (AvgIpc) is 2.73. The molecule has 0 bridgehead atoms. The number of hydrogen-bond acceptors (Lipinski definition) is 1. The molecule has 0 spiro atoms. The Morgan fingerprint density at radius 2 is 2.08 bits per heavy atom. The molecule has 1 saturated carbocycles. The SMILES string of the molecule is CC(C)(C)n1nc(Br)cc1C1CC1. The molecule has 2 nitrogen and oxygen atoms in total. The molecule has 0 aromatic carbocycles. The second-order valence-electron chi connectivity index (χ2n) is 4.75. The Labute approximate surface area is 87.5 Å². The van der Waals surface area contributed by atoms with Gasteiger partial charge in [0, 0.05) is 11.6 Å². The van der Waals surface area contributed by atoms with Crippen molar-refractivity contribution in [3.05, 3.63) is 16.4 Å². The number of aromatic nitrogens is 2. The molecule has 1 fully saturated rings. The molecule has 0 radical (unpaired) electrons. The van der Waals surface area contributed by atoms with Gasteiger partial charge in [0.1, 0.15) is 4.60 Å². The Hall–Kier alpha value is -0.310. The lowest BCUT2D eigenvalue weighted by Gasteiger charge is -2.22. The van der Waals surface area contributed by atoms with Crippen LogP contribution in [-0.2, 0) is 5.54 Å². The molecule has 0 saturated heterocycles. The molecule has 0 unspecified atom stereocenters. The van der Waals surface area contributed by atoms with Crippen LogP contribution in [0.4, 0.5) is 0 Å². The van der Waals surface area contributed by atoms with Crippen LogP contribution in [0.3, 0.4) is 0 Å². The van der Waals surface area contributed by atoms with Crippen molar-refractivity contribution >= 4 is 15.9 Å². The third-order valence-corrected chi connectivity index (χ3v) is 2.73. The van der Waals surface area contributed by atoms with E-state index in [4.69, 9.17) is 0 Å². The summed E-state index contributed by atoms with van der Waals surface area (Å²) in [6, 6.07) is 2.16. The molecule has 1 aliphatic rings. The predicted octanol–water partition coefficient (Wildman–Crippen LogP) is 3.28. The Kier molecular flexibility index (Phi) is 2.02. The smallest absolute Gasteiger partial charge is 0.128 e. The second-order valence-corrected chi connectivity index (χ2v) is 5.56. The van der Waals surface area contributed by atoms with Crippen LogP contribution in [0.2, 0.25) is 0 Å². The number of hydrogen-bond donors (Lipinski definition) is 0. The molecule has 0 N–H and O–H groups in total. The molecule has 0 amide bonds. The topological polar surface area (TPSA) is 17.8 Å². The molecular weight excluding hydrogens is 228 g/mol. The van der Waals surface area contributed by atoms with Crippen molar-refractivity contribution in [2.24, 2.45) is 0 Å². The molecule has 3 heteroatoms. The summed E-state index contributed by atoms with van der Waals surface area (Å²) in [7, 11) is 0. The van der Waals surface area contributed by atoms with E-state index in [0.29, 0.717) is 0 Å². The molecule has 1 aromatic heterocycles. The quantitative estimate of drug-likeness (QED) is 0.740. The van der Waals surface area contributed by atoms with Gasteiger partial charge in [-0.25, -0.2) is 0 Å². The lowest BCUT2D eigenvalue weighted by molar-refractivity contribution is 0.342. The first-order valence-electron chi connectivity index (χ1n) is 4.74. The van der Waals surface area contributed by atoms with E-state index < -0.39 is 0 Å². The zero-order valence-electron chi connectivity index (χ0n) is 8.34. The van der Waals surface area contributed by atoms with Crippen molar-refractivity contribution in [2.75, 3.05) is 0 Å². The van der Waals surface area contributed by atoms with Crippen LogP contribution in [0.25, 0.3) is 0 Å². The standard InChI is InChI=1S/C10H15BrN2/c1-10(2,3)13-8(7-4-5-7)6-9(11)12-13/h6-7H,4-5H2,1-3H3. The van der Waals surface area contributed by atoms with Gasteiger partial charge in [0.25, 0.3) is 0 Å².